The predicted octanol–water partition coefficient (Wildman–Crippen LogP) is 2.00. The highest BCUT2D eigenvalue weighted by Gasteiger charge is 1.99. The van der Waals surface area contributed by atoms with Crippen molar-refractivity contribution in [3.05, 3.63) is 18.1 Å². The van der Waals surface area contributed by atoms with Gasteiger partial charge in [0.25, 0.3) is 0 Å². The van der Waals surface area contributed by atoms with Crippen LogP contribution in [0.4, 0.5) is 5.82 Å². The van der Waals surface area contributed by atoms with E-state index in [1.165, 1.54) is 0 Å². The van der Waals surface area contributed by atoms with Gasteiger partial charge in [0.1, 0.15) is 12.1 Å². The van der Waals surface area contributed by atoms with Gasteiger partial charge in [-0.25, -0.2) is 9.97 Å². The van der Waals surface area contributed by atoms with Gasteiger partial charge in [-0.3, -0.25) is 0 Å². The van der Waals surface area contributed by atoms with E-state index in [2.05, 4.69) is 29.1 Å². The van der Waals surface area contributed by atoms with Crippen molar-refractivity contribution in [1.29, 1.82) is 0 Å². The lowest BCUT2D eigenvalue weighted by atomic mass is 10.2. The molecule has 1 aromatic heterocycles. The van der Waals surface area contributed by atoms with Crippen LogP contribution < -0.4 is 5.32 Å². The molecule has 12 heavy (non-hydrogen) atoms. The van der Waals surface area contributed by atoms with Crippen LogP contribution >= 0.6 is 0 Å². The number of anilines is 1. The Bertz CT molecular complexity index is 247. The minimum absolute atomic E-state index is 0.472. The summed E-state index contributed by atoms with van der Waals surface area (Å²) in [6, 6.07) is 2.42. The number of aryl methyl sites for hydroxylation is 1. The van der Waals surface area contributed by atoms with Gasteiger partial charge in [0, 0.05) is 17.8 Å². The van der Waals surface area contributed by atoms with E-state index in [0.29, 0.717) is 6.04 Å². The quantitative estimate of drug-likeness (QED) is 0.744. The number of nitrogens with one attached hydrogen (secondary N) is 1. The molecule has 0 aliphatic rings. The third kappa shape index (κ3) is 2.49. The molecule has 0 aliphatic carbocycles. The Balaban J connectivity index is 2.63. The Hall–Kier alpha value is -1.12. The van der Waals surface area contributed by atoms with Crippen LogP contribution in [0.25, 0.3) is 0 Å². The van der Waals surface area contributed by atoms with Gasteiger partial charge in [-0.15, -0.1) is 0 Å². The third-order valence-electron chi connectivity index (χ3n) is 1.81. The number of rotatable bonds is 3. The van der Waals surface area contributed by atoms with Gasteiger partial charge in [-0.1, -0.05) is 6.92 Å². The maximum atomic E-state index is 4.11. The Morgan fingerprint density at radius 1 is 1.50 bits per heavy atom. The van der Waals surface area contributed by atoms with E-state index in [4.69, 9.17) is 0 Å². The van der Waals surface area contributed by atoms with Gasteiger partial charge in [0.05, 0.1) is 0 Å². The molecule has 1 N–H and O–H groups in total. The lowest BCUT2D eigenvalue weighted by molar-refractivity contribution is 0.758. The zero-order valence-electron chi connectivity index (χ0n) is 7.83. The Morgan fingerprint density at radius 3 is 2.83 bits per heavy atom. The van der Waals surface area contributed by atoms with E-state index in [1.807, 2.05) is 13.0 Å². The maximum absolute atomic E-state index is 4.11. The molecule has 0 radical (unpaired) electrons. The Labute approximate surface area is 73.2 Å². The second kappa shape index (κ2) is 4.04. The zero-order valence-corrected chi connectivity index (χ0v) is 7.83. The van der Waals surface area contributed by atoms with E-state index in [-0.39, 0.29) is 0 Å². The largest absolute Gasteiger partial charge is 0.368 e. The van der Waals surface area contributed by atoms with Crippen LogP contribution in [0.15, 0.2) is 12.4 Å². The molecule has 0 spiro atoms. The SMILES string of the molecule is CCC(C)Nc1cc(C)ncn1. The van der Waals surface area contributed by atoms with Crippen LogP contribution in [0, 0.1) is 6.92 Å². The van der Waals surface area contributed by atoms with E-state index in [9.17, 15) is 0 Å². The van der Waals surface area contributed by atoms with E-state index in [0.717, 1.165) is 17.9 Å². The molecule has 0 aliphatic heterocycles. The van der Waals surface area contributed by atoms with Crippen LogP contribution in [0.3, 0.4) is 0 Å². The minimum atomic E-state index is 0.472. The molecule has 0 aromatic carbocycles. The molecule has 0 saturated heterocycles. The van der Waals surface area contributed by atoms with Gasteiger partial charge >= 0.3 is 0 Å². The summed E-state index contributed by atoms with van der Waals surface area (Å²) in [5, 5.41) is 3.28. The summed E-state index contributed by atoms with van der Waals surface area (Å²) in [6.45, 7) is 6.24. The molecule has 1 rings (SSSR count). The van der Waals surface area contributed by atoms with Crippen LogP contribution in [-0.2, 0) is 0 Å². The molecule has 1 aromatic rings. The molecule has 0 saturated carbocycles. The average molecular weight is 165 g/mol. The monoisotopic (exact) mass is 165 g/mol. The smallest absolute Gasteiger partial charge is 0.129 e. The van der Waals surface area contributed by atoms with Crippen LogP contribution in [0.5, 0.6) is 0 Å². The Morgan fingerprint density at radius 2 is 2.25 bits per heavy atom. The first-order valence-electron chi connectivity index (χ1n) is 4.27. The molecule has 3 heteroatoms. The van der Waals surface area contributed by atoms with Gasteiger partial charge in [-0.2, -0.15) is 0 Å². The van der Waals surface area contributed by atoms with Gasteiger partial charge in [0.2, 0.25) is 0 Å². The molecular formula is C9H15N3. The maximum Gasteiger partial charge on any atom is 0.129 e. The van der Waals surface area contributed by atoms with Crippen molar-refractivity contribution in [3.8, 4) is 0 Å². The fourth-order valence-electron chi connectivity index (χ4n) is 0.888. The van der Waals surface area contributed by atoms with Gasteiger partial charge < -0.3 is 5.32 Å². The van der Waals surface area contributed by atoms with E-state index < -0.39 is 0 Å². The predicted molar refractivity (Wildman–Crippen MR) is 50.1 cm³/mol. The molecule has 0 amide bonds. The molecular weight excluding hydrogens is 150 g/mol. The van der Waals surface area contributed by atoms with Crippen molar-refractivity contribution >= 4 is 5.82 Å². The third-order valence-corrected chi connectivity index (χ3v) is 1.81. The number of aromatic nitrogens is 2. The van der Waals surface area contributed by atoms with Crippen molar-refractivity contribution < 1.29 is 0 Å². The first-order chi connectivity index (χ1) is 5.72. The summed E-state index contributed by atoms with van der Waals surface area (Å²) in [6.07, 6.45) is 2.68. The fraction of sp³-hybridized carbons (Fsp3) is 0.556. The lowest BCUT2D eigenvalue weighted by Crippen LogP contribution is -2.14. The van der Waals surface area contributed by atoms with E-state index in [1.54, 1.807) is 6.33 Å². The minimum Gasteiger partial charge on any atom is -0.368 e. The van der Waals surface area contributed by atoms with Crippen molar-refractivity contribution in [2.45, 2.75) is 33.2 Å². The summed E-state index contributed by atoms with van der Waals surface area (Å²) in [5.74, 6) is 0.914. The molecule has 1 unspecified atom stereocenters. The average Bonchev–Trinajstić information content (AvgIpc) is 2.04. The van der Waals surface area contributed by atoms with Gasteiger partial charge in [0.15, 0.2) is 0 Å². The van der Waals surface area contributed by atoms with Crippen LogP contribution in [0.1, 0.15) is 26.0 Å². The molecule has 1 heterocycles. The van der Waals surface area contributed by atoms with Crippen molar-refractivity contribution in [2.75, 3.05) is 5.32 Å². The van der Waals surface area contributed by atoms with Crippen molar-refractivity contribution in [3.63, 3.8) is 0 Å². The summed E-state index contributed by atoms with van der Waals surface area (Å²) < 4.78 is 0. The molecule has 0 bridgehead atoms. The second-order valence-corrected chi connectivity index (χ2v) is 3.00. The highest BCUT2D eigenvalue weighted by molar-refractivity contribution is 5.35. The van der Waals surface area contributed by atoms with Crippen molar-refractivity contribution in [2.24, 2.45) is 0 Å². The summed E-state index contributed by atoms with van der Waals surface area (Å²) >= 11 is 0. The number of nitrogens with zero attached hydrogens (tertiary/aromatic N) is 2. The molecule has 66 valence electrons. The van der Waals surface area contributed by atoms with Crippen molar-refractivity contribution in [1.82, 2.24) is 9.97 Å². The lowest BCUT2D eigenvalue weighted by Gasteiger charge is -2.11. The standard InChI is InChI=1S/C9H15N3/c1-4-7(2)12-9-5-8(3)10-6-11-9/h5-7H,4H2,1-3H3,(H,10,11,12). The molecule has 0 fully saturated rings. The Kier molecular flexibility index (Phi) is 3.02. The summed E-state index contributed by atoms with van der Waals surface area (Å²) in [5.41, 5.74) is 0.996. The first kappa shape index (κ1) is 8.97. The fourth-order valence-corrected chi connectivity index (χ4v) is 0.888. The van der Waals surface area contributed by atoms with Crippen LogP contribution in [0.2, 0.25) is 0 Å². The molecule has 1 atom stereocenters. The summed E-state index contributed by atoms with van der Waals surface area (Å²) in [4.78, 5) is 8.13. The van der Waals surface area contributed by atoms with Crippen LogP contribution in [-0.4, -0.2) is 16.0 Å². The zero-order chi connectivity index (χ0) is 8.97. The second-order valence-electron chi connectivity index (χ2n) is 3.00. The highest BCUT2D eigenvalue weighted by atomic mass is 15.0. The first-order valence-corrected chi connectivity index (χ1v) is 4.27. The number of hydrogen-bond donors (Lipinski definition) is 1. The normalized spacial score (nSPS) is 12.6. The van der Waals surface area contributed by atoms with E-state index >= 15 is 0 Å². The molecule has 3 nitrogen and oxygen atoms in total. The summed E-state index contributed by atoms with van der Waals surface area (Å²) in [7, 11) is 0. The van der Waals surface area contributed by atoms with Gasteiger partial charge in [-0.05, 0) is 20.3 Å². The topological polar surface area (TPSA) is 37.8 Å². The highest BCUT2D eigenvalue weighted by Crippen LogP contribution is 2.05. The number of hydrogen-bond acceptors (Lipinski definition) is 3.